The zero-order chi connectivity index (χ0) is 11.4. The van der Waals surface area contributed by atoms with Gasteiger partial charge in [0.05, 0.1) is 0 Å². The van der Waals surface area contributed by atoms with Crippen LogP contribution in [0, 0.1) is 12.8 Å². The fourth-order valence-electron chi connectivity index (χ4n) is 2.93. The molecule has 1 aromatic carbocycles. The molecule has 2 unspecified atom stereocenters. The van der Waals surface area contributed by atoms with Gasteiger partial charge in [0, 0.05) is 6.04 Å². The largest absolute Gasteiger partial charge is 0.314 e. The van der Waals surface area contributed by atoms with E-state index < -0.39 is 0 Å². The second kappa shape index (κ2) is 5.49. The predicted octanol–water partition coefficient (Wildman–Crippen LogP) is 3.32. The highest BCUT2D eigenvalue weighted by atomic mass is 14.9. The van der Waals surface area contributed by atoms with Crippen LogP contribution in [0.25, 0.3) is 0 Å². The van der Waals surface area contributed by atoms with Crippen molar-refractivity contribution in [3.8, 4) is 0 Å². The Morgan fingerprint density at radius 3 is 2.81 bits per heavy atom. The molecule has 0 aliphatic heterocycles. The number of aryl methyl sites for hydroxylation is 1. The lowest BCUT2D eigenvalue weighted by atomic mass is 9.92. The monoisotopic (exact) mass is 217 g/mol. The van der Waals surface area contributed by atoms with Crippen LogP contribution in [-0.4, -0.2) is 12.6 Å². The Hall–Kier alpha value is -0.820. The molecule has 2 rings (SSSR count). The molecule has 1 aliphatic rings. The van der Waals surface area contributed by atoms with Crippen LogP contribution in [0.15, 0.2) is 24.3 Å². The molecule has 0 aromatic heterocycles. The Balaban J connectivity index is 2.01. The maximum Gasteiger partial charge on any atom is 0.00983 e. The molecule has 1 saturated carbocycles. The van der Waals surface area contributed by atoms with E-state index in [0.29, 0.717) is 0 Å². The fourth-order valence-corrected chi connectivity index (χ4v) is 2.93. The average molecular weight is 217 g/mol. The SMILES string of the molecule is CCNC1CCCC1Cc1ccccc1C. The number of hydrogen-bond acceptors (Lipinski definition) is 1. The van der Waals surface area contributed by atoms with Crippen molar-refractivity contribution in [3.63, 3.8) is 0 Å². The Morgan fingerprint density at radius 2 is 2.06 bits per heavy atom. The molecule has 1 heteroatoms. The van der Waals surface area contributed by atoms with E-state index in [9.17, 15) is 0 Å². The third kappa shape index (κ3) is 2.65. The minimum atomic E-state index is 0.754. The second-order valence-corrected chi connectivity index (χ2v) is 4.99. The topological polar surface area (TPSA) is 12.0 Å². The van der Waals surface area contributed by atoms with Crippen LogP contribution < -0.4 is 5.32 Å². The zero-order valence-corrected chi connectivity index (χ0v) is 10.5. The summed E-state index contributed by atoms with van der Waals surface area (Å²) in [7, 11) is 0. The van der Waals surface area contributed by atoms with Crippen molar-refractivity contribution in [2.75, 3.05) is 6.54 Å². The van der Waals surface area contributed by atoms with Gasteiger partial charge < -0.3 is 5.32 Å². The van der Waals surface area contributed by atoms with Crippen LogP contribution in [0.4, 0.5) is 0 Å². The van der Waals surface area contributed by atoms with E-state index in [0.717, 1.165) is 18.5 Å². The molecule has 88 valence electrons. The van der Waals surface area contributed by atoms with Gasteiger partial charge in [0.15, 0.2) is 0 Å². The van der Waals surface area contributed by atoms with Crippen LogP contribution >= 0.6 is 0 Å². The van der Waals surface area contributed by atoms with Gasteiger partial charge in [0.1, 0.15) is 0 Å². The molecule has 2 atom stereocenters. The average Bonchev–Trinajstić information content (AvgIpc) is 2.70. The summed E-state index contributed by atoms with van der Waals surface area (Å²) in [5, 5.41) is 3.63. The first kappa shape index (κ1) is 11.7. The van der Waals surface area contributed by atoms with Gasteiger partial charge in [-0.2, -0.15) is 0 Å². The minimum absolute atomic E-state index is 0.754. The van der Waals surface area contributed by atoms with Crippen molar-refractivity contribution < 1.29 is 0 Å². The van der Waals surface area contributed by atoms with Gasteiger partial charge in [-0.15, -0.1) is 0 Å². The number of rotatable bonds is 4. The highest BCUT2D eigenvalue weighted by Crippen LogP contribution is 2.29. The van der Waals surface area contributed by atoms with Gasteiger partial charge in [-0.25, -0.2) is 0 Å². The first-order chi connectivity index (χ1) is 7.81. The maximum absolute atomic E-state index is 3.63. The molecule has 0 radical (unpaired) electrons. The third-order valence-corrected chi connectivity index (χ3v) is 3.87. The molecule has 0 saturated heterocycles. The normalized spacial score (nSPS) is 24.9. The lowest BCUT2D eigenvalue weighted by Crippen LogP contribution is -2.33. The lowest BCUT2D eigenvalue weighted by Gasteiger charge is -2.21. The van der Waals surface area contributed by atoms with Crippen LogP contribution in [0.3, 0.4) is 0 Å². The van der Waals surface area contributed by atoms with E-state index in [2.05, 4.69) is 43.4 Å². The van der Waals surface area contributed by atoms with Crippen LogP contribution in [0.5, 0.6) is 0 Å². The number of benzene rings is 1. The van der Waals surface area contributed by atoms with Crippen molar-refractivity contribution in [2.24, 2.45) is 5.92 Å². The number of hydrogen-bond donors (Lipinski definition) is 1. The lowest BCUT2D eigenvalue weighted by molar-refractivity contribution is 0.406. The molecule has 0 spiro atoms. The summed E-state index contributed by atoms with van der Waals surface area (Å²) in [4.78, 5) is 0. The van der Waals surface area contributed by atoms with Gasteiger partial charge in [-0.05, 0) is 49.8 Å². The molecular weight excluding hydrogens is 194 g/mol. The van der Waals surface area contributed by atoms with Gasteiger partial charge in [0.2, 0.25) is 0 Å². The van der Waals surface area contributed by atoms with Crippen LogP contribution in [-0.2, 0) is 6.42 Å². The van der Waals surface area contributed by atoms with Crippen molar-refractivity contribution in [1.82, 2.24) is 5.32 Å². The molecule has 0 amide bonds. The van der Waals surface area contributed by atoms with Crippen molar-refractivity contribution in [2.45, 2.75) is 45.6 Å². The first-order valence-corrected chi connectivity index (χ1v) is 6.59. The third-order valence-electron chi connectivity index (χ3n) is 3.87. The van der Waals surface area contributed by atoms with Crippen LogP contribution in [0.2, 0.25) is 0 Å². The Bertz CT molecular complexity index is 332. The van der Waals surface area contributed by atoms with E-state index in [1.807, 2.05) is 0 Å². The van der Waals surface area contributed by atoms with Crippen LogP contribution in [0.1, 0.15) is 37.3 Å². The highest BCUT2D eigenvalue weighted by Gasteiger charge is 2.26. The highest BCUT2D eigenvalue weighted by molar-refractivity contribution is 5.26. The summed E-state index contributed by atoms with van der Waals surface area (Å²) in [6.45, 7) is 5.55. The Morgan fingerprint density at radius 1 is 1.25 bits per heavy atom. The standard InChI is InChI=1S/C15H23N/c1-3-16-15-10-6-9-14(15)11-13-8-5-4-7-12(13)2/h4-5,7-8,14-16H,3,6,9-11H2,1-2H3. The second-order valence-electron chi connectivity index (χ2n) is 4.99. The summed E-state index contributed by atoms with van der Waals surface area (Å²) in [5.74, 6) is 0.848. The quantitative estimate of drug-likeness (QED) is 0.816. The molecular formula is C15H23N. The molecule has 16 heavy (non-hydrogen) atoms. The summed E-state index contributed by atoms with van der Waals surface area (Å²) in [5.41, 5.74) is 2.99. The van der Waals surface area contributed by atoms with E-state index >= 15 is 0 Å². The molecule has 1 aliphatic carbocycles. The van der Waals surface area contributed by atoms with Crippen molar-refractivity contribution in [3.05, 3.63) is 35.4 Å². The zero-order valence-electron chi connectivity index (χ0n) is 10.5. The Kier molecular flexibility index (Phi) is 4.00. The van der Waals surface area contributed by atoms with E-state index in [-0.39, 0.29) is 0 Å². The van der Waals surface area contributed by atoms with Gasteiger partial charge in [-0.1, -0.05) is 37.6 Å². The summed E-state index contributed by atoms with van der Waals surface area (Å²) in [6.07, 6.45) is 5.41. The van der Waals surface area contributed by atoms with Gasteiger partial charge in [-0.3, -0.25) is 0 Å². The minimum Gasteiger partial charge on any atom is -0.314 e. The maximum atomic E-state index is 3.63. The summed E-state index contributed by atoms with van der Waals surface area (Å²) >= 11 is 0. The molecule has 1 N–H and O–H groups in total. The fraction of sp³-hybridized carbons (Fsp3) is 0.600. The molecule has 0 bridgehead atoms. The summed E-state index contributed by atoms with van der Waals surface area (Å²) in [6, 6.07) is 9.57. The number of nitrogens with one attached hydrogen (secondary N) is 1. The van der Waals surface area contributed by atoms with E-state index in [4.69, 9.17) is 0 Å². The summed E-state index contributed by atoms with van der Waals surface area (Å²) < 4.78 is 0. The smallest absolute Gasteiger partial charge is 0.00983 e. The molecule has 1 aromatic rings. The van der Waals surface area contributed by atoms with Gasteiger partial charge >= 0.3 is 0 Å². The van der Waals surface area contributed by atoms with Crippen molar-refractivity contribution in [1.29, 1.82) is 0 Å². The van der Waals surface area contributed by atoms with Crippen molar-refractivity contribution >= 4 is 0 Å². The van der Waals surface area contributed by atoms with E-state index in [1.165, 1.54) is 36.8 Å². The molecule has 1 fully saturated rings. The first-order valence-electron chi connectivity index (χ1n) is 6.59. The predicted molar refractivity (Wildman–Crippen MR) is 69.7 cm³/mol. The van der Waals surface area contributed by atoms with E-state index in [1.54, 1.807) is 0 Å². The molecule has 1 nitrogen and oxygen atoms in total. The van der Waals surface area contributed by atoms with Gasteiger partial charge in [0.25, 0.3) is 0 Å². The Labute approximate surface area is 99.3 Å². The molecule has 0 heterocycles.